The van der Waals surface area contributed by atoms with Gasteiger partial charge in [-0.3, -0.25) is 0 Å². The summed E-state index contributed by atoms with van der Waals surface area (Å²) < 4.78 is 58.8. The molecule has 1 aliphatic rings. The molecule has 1 heterocycles. The average molecular weight is 229 g/mol. The molecule has 0 aliphatic carbocycles. The molecule has 0 N–H and O–H groups in total. The largest absolute Gasteiger partial charge is 0.511 e. The number of hydrogen-bond donors (Lipinski definition) is 0. The summed E-state index contributed by atoms with van der Waals surface area (Å²) in [5.74, 6) is 0. The Kier molecular flexibility index (Phi) is 2.91. The van der Waals surface area contributed by atoms with Crippen molar-refractivity contribution in [3.05, 3.63) is 12.7 Å². The summed E-state index contributed by atoms with van der Waals surface area (Å²) >= 11 is 0. The van der Waals surface area contributed by atoms with Crippen LogP contribution in [0.5, 0.6) is 0 Å². The number of hydrogen-bond acceptors (Lipinski definition) is 2. The van der Waals surface area contributed by atoms with E-state index in [2.05, 4.69) is 6.58 Å². The van der Waals surface area contributed by atoms with Crippen LogP contribution in [0.25, 0.3) is 0 Å². The van der Waals surface area contributed by atoms with Crippen molar-refractivity contribution in [3.63, 3.8) is 0 Å². The predicted octanol–water partition coefficient (Wildman–Crippen LogP) is 1.49. The van der Waals surface area contributed by atoms with Crippen molar-refractivity contribution in [2.75, 3.05) is 6.54 Å². The molecule has 3 nitrogen and oxygen atoms in total. The van der Waals surface area contributed by atoms with E-state index in [0.29, 0.717) is 17.1 Å². The number of rotatable bonds is 2. The molecule has 0 saturated carbocycles. The van der Waals surface area contributed by atoms with Gasteiger partial charge < -0.3 is 0 Å². The molecule has 82 valence electrons. The maximum atomic E-state index is 12.1. The molecule has 0 spiro atoms. The lowest BCUT2D eigenvalue weighted by Crippen LogP contribution is -2.42. The summed E-state index contributed by atoms with van der Waals surface area (Å²) in [6.45, 7) is 3.23. The molecular formula is C7H10F3NO2S. The van der Waals surface area contributed by atoms with E-state index >= 15 is 0 Å². The van der Waals surface area contributed by atoms with Gasteiger partial charge in [0.2, 0.25) is 0 Å². The third kappa shape index (κ3) is 1.78. The summed E-state index contributed by atoms with van der Waals surface area (Å²) in [7, 11) is -5.18. The minimum atomic E-state index is -5.21. The Morgan fingerprint density at radius 1 is 1.43 bits per heavy atom. The lowest BCUT2D eigenvalue weighted by atomic mass is 10.2. The summed E-state index contributed by atoms with van der Waals surface area (Å²) in [5.41, 5.74) is -5.21. The van der Waals surface area contributed by atoms with E-state index in [1.807, 2.05) is 0 Å². The Bertz CT molecular complexity index is 322. The molecule has 7 heteroatoms. The molecule has 1 atom stereocenters. The van der Waals surface area contributed by atoms with Crippen LogP contribution in [0, 0.1) is 0 Å². The zero-order chi connectivity index (χ0) is 11.0. The van der Waals surface area contributed by atoms with Crippen LogP contribution in [0.4, 0.5) is 13.2 Å². The van der Waals surface area contributed by atoms with Gasteiger partial charge in [-0.05, 0) is 12.8 Å². The lowest BCUT2D eigenvalue weighted by Gasteiger charge is -2.22. The molecule has 1 saturated heterocycles. The molecule has 0 aromatic carbocycles. The highest BCUT2D eigenvalue weighted by Crippen LogP contribution is 2.32. The Morgan fingerprint density at radius 3 is 2.43 bits per heavy atom. The van der Waals surface area contributed by atoms with Crippen LogP contribution < -0.4 is 0 Å². The second-order valence-electron chi connectivity index (χ2n) is 3.01. The van der Waals surface area contributed by atoms with Gasteiger partial charge in [-0.15, -0.1) is 6.58 Å². The maximum absolute atomic E-state index is 12.1. The number of sulfonamides is 1. The first-order chi connectivity index (χ1) is 6.30. The molecule has 1 unspecified atom stereocenters. The van der Waals surface area contributed by atoms with E-state index < -0.39 is 21.6 Å². The third-order valence-corrected chi connectivity index (χ3v) is 3.78. The van der Waals surface area contributed by atoms with Crippen molar-refractivity contribution in [3.8, 4) is 0 Å². The van der Waals surface area contributed by atoms with Crippen molar-refractivity contribution in [2.24, 2.45) is 0 Å². The van der Waals surface area contributed by atoms with Gasteiger partial charge in [-0.2, -0.15) is 17.5 Å². The van der Waals surface area contributed by atoms with Gasteiger partial charge in [0.1, 0.15) is 0 Å². The van der Waals surface area contributed by atoms with E-state index in [-0.39, 0.29) is 6.54 Å². The van der Waals surface area contributed by atoms with Crippen LogP contribution in [-0.4, -0.2) is 30.8 Å². The van der Waals surface area contributed by atoms with Crippen molar-refractivity contribution >= 4 is 10.0 Å². The van der Waals surface area contributed by atoms with E-state index in [0.717, 1.165) is 0 Å². The Morgan fingerprint density at radius 2 is 2.00 bits per heavy atom. The van der Waals surface area contributed by atoms with Gasteiger partial charge in [-0.25, -0.2) is 8.42 Å². The van der Waals surface area contributed by atoms with Crippen molar-refractivity contribution in [1.29, 1.82) is 0 Å². The van der Waals surface area contributed by atoms with E-state index in [9.17, 15) is 21.6 Å². The zero-order valence-electron chi connectivity index (χ0n) is 7.29. The quantitative estimate of drug-likeness (QED) is 0.673. The van der Waals surface area contributed by atoms with Gasteiger partial charge in [-0.1, -0.05) is 6.08 Å². The molecule has 1 fully saturated rings. The topological polar surface area (TPSA) is 37.4 Å². The maximum Gasteiger partial charge on any atom is 0.511 e. The van der Waals surface area contributed by atoms with Crippen LogP contribution in [0.1, 0.15) is 12.8 Å². The second kappa shape index (κ2) is 3.54. The average Bonchev–Trinajstić information content (AvgIpc) is 2.49. The van der Waals surface area contributed by atoms with Crippen molar-refractivity contribution < 1.29 is 21.6 Å². The van der Waals surface area contributed by atoms with Crippen molar-refractivity contribution in [2.45, 2.75) is 24.4 Å². The molecule has 0 amide bonds. The SMILES string of the molecule is C=CC1CCCN1S(=O)(=O)C(F)(F)F. The number of nitrogens with zero attached hydrogens (tertiary/aromatic N) is 1. The fourth-order valence-corrected chi connectivity index (χ4v) is 2.62. The first-order valence-corrected chi connectivity index (χ1v) is 5.45. The molecule has 14 heavy (non-hydrogen) atoms. The van der Waals surface area contributed by atoms with Gasteiger partial charge >= 0.3 is 15.5 Å². The predicted molar refractivity (Wildman–Crippen MR) is 44.9 cm³/mol. The molecular weight excluding hydrogens is 219 g/mol. The lowest BCUT2D eigenvalue weighted by molar-refractivity contribution is -0.0488. The van der Waals surface area contributed by atoms with Gasteiger partial charge in [0, 0.05) is 12.6 Å². The van der Waals surface area contributed by atoms with Crippen LogP contribution in [0.3, 0.4) is 0 Å². The summed E-state index contributed by atoms with van der Waals surface area (Å²) in [4.78, 5) is 0. The molecule has 0 radical (unpaired) electrons. The first-order valence-electron chi connectivity index (χ1n) is 4.01. The highest BCUT2D eigenvalue weighted by atomic mass is 32.2. The number of halogens is 3. The molecule has 0 aromatic rings. The minimum Gasteiger partial charge on any atom is -0.203 e. The van der Waals surface area contributed by atoms with Crippen LogP contribution in [0.2, 0.25) is 0 Å². The fraction of sp³-hybridized carbons (Fsp3) is 0.714. The minimum absolute atomic E-state index is 0.0848. The number of alkyl halides is 3. The molecule has 1 aliphatic heterocycles. The summed E-state index contributed by atoms with van der Waals surface area (Å²) in [6, 6.07) is -0.721. The summed E-state index contributed by atoms with van der Waals surface area (Å²) in [5, 5.41) is 0. The molecule has 0 aromatic heterocycles. The van der Waals surface area contributed by atoms with Gasteiger partial charge in [0.05, 0.1) is 0 Å². The van der Waals surface area contributed by atoms with Gasteiger partial charge in [0.15, 0.2) is 0 Å². The first kappa shape index (κ1) is 11.5. The molecule has 1 rings (SSSR count). The van der Waals surface area contributed by atoms with E-state index in [1.54, 1.807) is 0 Å². The Hall–Kier alpha value is -0.560. The summed E-state index contributed by atoms with van der Waals surface area (Å²) in [6.07, 6.45) is 2.07. The highest BCUT2D eigenvalue weighted by molar-refractivity contribution is 7.90. The second-order valence-corrected chi connectivity index (χ2v) is 4.89. The normalized spacial score (nSPS) is 25.2. The van der Waals surface area contributed by atoms with Crippen molar-refractivity contribution in [1.82, 2.24) is 4.31 Å². The van der Waals surface area contributed by atoms with Crippen LogP contribution >= 0.6 is 0 Å². The monoisotopic (exact) mass is 229 g/mol. The Balaban J connectivity index is 2.99. The Labute approximate surface area is 80.3 Å². The molecule has 0 bridgehead atoms. The van der Waals surface area contributed by atoms with Gasteiger partial charge in [0.25, 0.3) is 0 Å². The third-order valence-electron chi connectivity index (χ3n) is 2.12. The standard InChI is InChI=1S/C7H10F3NO2S/c1-2-6-4-3-5-11(6)14(12,13)7(8,9)10/h2,6H,1,3-5H2. The van der Waals surface area contributed by atoms with E-state index in [1.165, 1.54) is 6.08 Å². The van der Waals surface area contributed by atoms with Crippen LogP contribution in [0.15, 0.2) is 12.7 Å². The van der Waals surface area contributed by atoms with E-state index in [4.69, 9.17) is 0 Å². The fourth-order valence-electron chi connectivity index (χ4n) is 1.43. The smallest absolute Gasteiger partial charge is 0.203 e. The van der Waals surface area contributed by atoms with Crippen LogP contribution in [-0.2, 0) is 10.0 Å². The highest BCUT2D eigenvalue weighted by Gasteiger charge is 2.52. The zero-order valence-corrected chi connectivity index (χ0v) is 8.11.